The molecule has 3 aromatic carbocycles. The van der Waals surface area contributed by atoms with Gasteiger partial charge in [0.25, 0.3) is 11.8 Å². The average Bonchev–Trinajstić information content (AvgIpc) is 3.54. The van der Waals surface area contributed by atoms with Gasteiger partial charge in [0.1, 0.15) is 11.6 Å². The first-order valence-corrected chi connectivity index (χ1v) is 18.5. The van der Waals surface area contributed by atoms with E-state index in [1.165, 1.54) is 9.96 Å². The van der Waals surface area contributed by atoms with Crippen molar-refractivity contribution in [2.75, 3.05) is 5.32 Å². The Bertz CT molecular complexity index is 2090. The third-order valence-corrected chi connectivity index (χ3v) is 10.5. The van der Waals surface area contributed by atoms with Gasteiger partial charge in [0.2, 0.25) is 0 Å². The molecule has 2 aromatic heterocycles. The van der Waals surface area contributed by atoms with Crippen molar-refractivity contribution in [3.05, 3.63) is 106 Å². The van der Waals surface area contributed by atoms with Gasteiger partial charge in [-0.25, -0.2) is 9.78 Å². The van der Waals surface area contributed by atoms with Crippen LogP contribution in [0.25, 0.3) is 28.2 Å². The molecule has 2 heterocycles. The highest BCUT2D eigenvalue weighted by atomic mass is 16.5. The monoisotopic (exact) mass is 703 g/mol. The van der Waals surface area contributed by atoms with Crippen LogP contribution in [0.15, 0.2) is 83.8 Å². The molecular weight excluding hydrogens is 651 g/mol. The Balaban J connectivity index is 1.47. The van der Waals surface area contributed by atoms with Crippen LogP contribution in [0.2, 0.25) is 0 Å². The lowest BCUT2D eigenvalue weighted by Crippen LogP contribution is -2.34. The zero-order chi connectivity index (χ0) is 37.6. The Kier molecular flexibility index (Phi) is 11.7. The molecular formula is C43H53N5O4. The van der Waals surface area contributed by atoms with Crippen LogP contribution in [0.4, 0.5) is 5.69 Å². The minimum Gasteiger partial charge on any atom is -0.480 e. The minimum atomic E-state index is -0.721. The Morgan fingerprint density at radius 3 is 2.27 bits per heavy atom. The molecule has 4 N–H and O–H groups in total. The number of unbranched alkanes of at least 4 members (excludes halogenated alkanes) is 3. The number of fused-ring (bicyclic) bond motifs is 1. The number of aromatic amines is 1. The molecule has 52 heavy (non-hydrogen) atoms. The maximum atomic E-state index is 14.1. The predicted octanol–water partition coefficient (Wildman–Crippen LogP) is 9.19. The summed E-state index contributed by atoms with van der Waals surface area (Å²) in [5.74, 6) is 0.0291. The number of hydrogen-bond acceptors (Lipinski definition) is 5. The van der Waals surface area contributed by atoms with Crippen molar-refractivity contribution in [2.45, 2.75) is 110 Å². The van der Waals surface area contributed by atoms with Crippen LogP contribution in [0.5, 0.6) is 5.75 Å². The Hall–Kier alpha value is -5.18. The maximum Gasteiger partial charge on any atom is 0.332 e. The summed E-state index contributed by atoms with van der Waals surface area (Å²) in [5.41, 5.74) is 10.2. The third kappa shape index (κ3) is 8.30. The molecule has 0 spiro atoms. The largest absolute Gasteiger partial charge is 0.480 e. The van der Waals surface area contributed by atoms with Gasteiger partial charge in [0.15, 0.2) is 11.8 Å². The molecule has 9 heteroatoms. The molecule has 274 valence electrons. The number of nitrogens with two attached hydrogens (primary N) is 1. The van der Waals surface area contributed by atoms with Crippen molar-refractivity contribution in [2.24, 2.45) is 5.73 Å². The summed E-state index contributed by atoms with van der Waals surface area (Å²) in [7, 11) is 0. The van der Waals surface area contributed by atoms with Crippen molar-refractivity contribution in [3.63, 3.8) is 0 Å². The van der Waals surface area contributed by atoms with E-state index in [0.717, 1.165) is 55.4 Å². The van der Waals surface area contributed by atoms with Crippen molar-refractivity contribution in [1.29, 1.82) is 0 Å². The lowest BCUT2D eigenvalue weighted by atomic mass is 9.76. The van der Waals surface area contributed by atoms with Gasteiger partial charge in [-0.2, -0.15) is 0 Å². The summed E-state index contributed by atoms with van der Waals surface area (Å²) in [5, 5.41) is 3.07. The fraction of sp³-hybridized carbons (Fsp3) is 0.395. The smallest absolute Gasteiger partial charge is 0.332 e. The van der Waals surface area contributed by atoms with E-state index in [4.69, 9.17) is 10.5 Å². The van der Waals surface area contributed by atoms with E-state index in [1.807, 2.05) is 36.4 Å². The number of carbonyl (C=O) groups is 2. The number of hydrogen-bond donors (Lipinski definition) is 3. The zero-order valence-electron chi connectivity index (χ0n) is 31.6. The van der Waals surface area contributed by atoms with Gasteiger partial charge in [0.05, 0.1) is 5.56 Å². The topological polar surface area (TPSA) is 132 Å². The summed E-state index contributed by atoms with van der Waals surface area (Å²) >= 11 is 0. The van der Waals surface area contributed by atoms with Crippen LogP contribution in [0, 0.1) is 0 Å². The number of primary amides is 1. The zero-order valence-corrected chi connectivity index (χ0v) is 31.6. The molecule has 9 nitrogen and oxygen atoms in total. The second kappa shape index (κ2) is 16.0. The molecule has 0 saturated carbocycles. The average molecular weight is 704 g/mol. The van der Waals surface area contributed by atoms with Gasteiger partial charge < -0.3 is 15.8 Å². The maximum absolute atomic E-state index is 14.1. The Labute approximate surface area is 307 Å². The molecule has 5 rings (SSSR count). The number of aromatic nitrogens is 3. The summed E-state index contributed by atoms with van der Waals surface area (Å²) in [6.45, 7) is 15.5. The SMILES string of the molecule is CCCCCCC(Oc1ccc(C(C)(C)CC)cc1C(C)(C)CC)C(=O)Nc1cccc(-c2nc3c(C(N)=O)c(-c4ccccc4)cn3c(=O)[nH]2)c1. The lowest BCUT2D eigenvalue weighted by Gasteiger charge is -2.31. The van der Waals surface area contributed by atoms with Crippen molar-refractivity contribution in [1.82, 2.24) is 14.4 Å². The fourth-order valence-corrected chi connectivity index (χ4v) is 6.37. The van der Waals surface area contributed by atoms with Crippen molar-refractivity contribution in [3.8, 4) is 28.3 Å². The number of amides is 2. The van der Waals surface area contributed by atoms with Crippen molar-refractivity contribution >= 4 is 23.1 Å². The first-order valence-electron chi connectivity index (χ1n) is 18.5. The standard InChI is InChI=1S/C43H53N5O4/c1-8-11-12-16-22-35(52-34-24-23-30(42(4,5)9-2)26-33(34)43(6,7)10-3)40(50)45-31-21-17-20-29(25-31)38-46-39-36(37(44)49)32(27-48(39)41(51)47-38)28-18-14-13-15-19-28/h13-15,17-21,23-27,35H,8-12,16,22H2,1-7H3,(H2,44,49)(H,45,50)(H,46,47,51). The molecule has 0 saturated heterocycles. The summed E-state index contributed by atoms with van der Waals surface area (Å²) in [6.07, 6.45) is 7.39. The molecule has 5 aromatic rings. The molecule has 0 bridgehead atoms. The first-order chi connectivity index (χ1) is 24.8. The van der Waals surface area contributed by atoms with Gasteiger partial charge in [-0.15, -0.1) is 0 Å². The molecule has 1 atom stereocenters. The van der Waals surface area contributed by atoms with Crippen LogP contribution >= 0.6 is 0 Å². The van der Waals surface area contributed by atoms with E-state index >= 15 is 0 Å². The molecule has 0 fully saturated rings. The van der Waals surface area contributed by atoms with Crippen LogP contribution in [-0.4, -0.2) is 32.3 Å². The first kappa shape index (κ1) is 38.1. The number of nitrogens with zero attached hydrogens (tertiary/aromatic N) is 2. The molecule has 0 aliphatic carbocycles. The molecule has 0 aliphatic rings. The van der Waals surface area contributed by atoms with Gasteiger partial charge in [-0.05, 0) is 65.8 Å². The number of benzene rings is 3. The van der Waals surface area contributed by atoms with Gasteiger partial charge >= 0.3 is 5.69 Å². The number of carbonyl (C=O) groups excluding carboxylic acids is 2. The van der Waals surface area contributed by atoms with E-state index < -0.39 is 17.7 Å². The van der Waals surface area contributed by atoms with Crippen LogP contribution in [0.1, 0.15) is 115 Å². The van der Waals surface area contributed by atoms with Gasteiger partial charge in [-0.1, -0.05) is 122 Å². The fourth-order valence-electron chi connectivity index (χ4n) is 6.37. The van der Waals surface area contributed by atoms with Crippen LogP contribution in [0.3, 0.4) is 0 Å². The highest BCUT2D eigenvalue weighted by Crippen LogP contribution is 2.39. The highest BCUT2D eigenvalue weighted by molar-refractivity contribution is 6.06. The number of anilines is 1. The second-order valence-corrected chi connectivity index (χ2v) is 14.9. The summed E-state index contributed by atoms with van der Waals surface area (Å²) in [6, 6.07) is 22.8. The van der Waals surface area contributed by atoms with Gasteiger partial charge in [0, 0.05) is 28.6 Å². The van der Waals surface area contributed by atoms with Crippen molar-refractivity contribution < 1.29 is 14.3 Å². The number of rotatable bonds is 16. The van der Waals surface area contributed by atoms with Crippen LogP contribution < -0.4 is 21.5 Å². The highest BCUT2D eigenvalue weighted by Gasteiger charge is 2.29. The third-order valence-electron chi connectivity index (χ3n) is 10.5. The quantitative estimate of drug-likeness (QED) is 0.0882. The summed E-state index contributed by atoms with van der Waals surface area (Å²) < 4.78 is 7.98. The van der Waals surface area contributed by atoms with Gasteiger partial charge in [-0.3, -0.25) is 19.0 Å². The van der Waals surface area contributed by atoms with E-state index in [0.29, 0.717) is 23.2 Å². The number of nitrogens with one attached hydrogen (secondary N) is 2. The van der Waals surface area contributed by atoms with E-state index in [9.17, 15) is 14.4 Å². The summed E-state index contributed by atoms with van der Waals surface area (Å²) in [4.78, 5) is 47.5. The molecule has 0 aliphatic heterocycles. The van der Waals surface area contributed by atoms with Crippen LogP contribution in [-0.2, 0) is 15.6 Å². The lowest BCUT2D eigenvalue weighted by molar-refractivity contribution is -0.123. The predicted molar refractivity (Wildman–Crippen MR) is 210 cm³/mol. The minimum absolute atomic E-state index is 0.00977. The second-order valence-electron chi connectivity index (χ2n) is 14.9. The molecule has 0 radical (unpaired) electrons. The van der Waals surface area contributed by atoms with E-state index in [2.05, 4.69) is 75.9 Å². The number of ether oxygens (including phenoxy) is 1. The molecule has 2 amide bonds. The van der Waals surface area contributed by atoms with E-state index in [-0.39, 0.29) is 33.8 Å². The normalized spacial score (nSPS) is 12.5. The van der Waals surface area contributed by atoms with E-state index in [1.54, 1.807) is 30.5 Å². The Morgan fingerprint density at radius 1 is 0.885 bits per heavy atom. The Morgan fingerprint density at radius 2 is 1.60 bits per heavy atom. The molecule has 1 unspecified atom stereocenters. The number of H-pyrrole nitrogens is 1.